The van der Waals surface area contributed by atoms with Crippen LogP contribution in [0, 0.1) is 0 Å². The second-order valence-electron chi connectivity index (χ2n) is 3.82. The normalized spacial score (nSPS) is 22.9. The molecule has 1 atom stereocenters. The molecule has 0 saturated carbocycles. The van der Waals surface area contributed by atoms with Gasteiger partial charge in [-0.05, 0) is 26.0 Å². The van der Waals surface area contributed by atoms with Gasteiger partial charge in [0.05, 0.1) is 0 Å². The molecule has 0 aromatic carbocycles. The van der Waals surface area contributed by atoms with Crippen LogP contribution in [0.4, 0.5) is 0 Å². The molecule has 1 unspecified atom stereocenters. The first-order valence-corrected chi connectivity index (χ1v) is 6.15. The fourth-order valence-corrected chi connectivity index (χ4v) is 2.74. The highest BCUT2D eigenvalue weighted by molar-refractivity contribution is 7.99. The maximum atomic E-state index is 5.46. The van der Waals surface area contributed by atoms with Crippen molar-refractivity contribution in [2.24, 2.45) is 10.8 Å². The highest BCUT2D eigenvalue weighted by Crippen LogP contribution is 2.21. The monoisotopic (exact) mass is 216 g/mol. The van der Waals surface area contributed by atoms with Crippen LogP contribution in [-0.4, -0.2) is 41.5 Å². The number of guanidine groups is 1. The molecular weight excluding hydrogens is 196 g/mol. The first-order chi connectivity index (χ1) is 6.65. The lowest BCUT2D eigenvalue weighted by Gasteiger charge is -2.27. The number of aliphatic imine (C=N–C) groups is 1. The van der Waals surface area contributed by atoms with E-state index in [1.54, 1.807) is 0 Å². The number of hydrazine groups is 1. The lowest BCUT2D eigenvalue weighted by Crippen LogP contribution is -2.48. The minimum absolute atomic E-state index is 0.276. The third-order valence-corrected chi connectivity index (χ3v) is 3.44. The van der Waals surface area contributed by atoms with E-state index in [9.17, 15) is 0 Å². The lowest BCUT2D eigenvalue weighted by molar-refractivity contribution is 0.381. The molecule has 1 aliphatic rings. The van der Waals surface area contributed by atoms with Crippen LogP contribution in [0.5, 0.6) is 0 Å². The SMILES string of the molecule is CC(C)N=C(NN)N(C)C1CCSC1. The summed E-state index contributed by atoms with van der Waals surface area (Å²) in [5.41, 5.74) is 2.68. The molecule has 0 radical (unpaired) electrons. The number of hydrogen-bond donors (Lipinski definition) is 2. The summed E-state index contributed by atoms with van der Waals surface area (Å²) in [6.45, 7) is 4.10. The standard InChI is InChI=1S/C9H20N4S/c1-7(2)11-9(12-10)13(3)8-4-5-14-6-8/h7-8H,4-6,10H2,1-3H3,(H,11,12). The van der Waals surface area contributed by atoms with Gasteiger partial charge >= 0.3 is 0 Å². The van der Waals surface area contributed by atoms with Gasteiger partial charge in [-0.2, -0.15) is 11.8 Å². The van der Waals surface area contributed by atoms with Crippen LogP contribution in [-0.2, 0) is 0 Å². The maximum Gasteiger partial charge on any atom is 0.208 e. The Labute approximate surface area is 90.3 Å². The molecule has 0 amide bonds. The quantitative estimate of drug-likeness (QED) is 0.308. The molecule has 3 N–H and O–H groups in total. The summed E-state index contributed by atoms with van der Waals surface area (Å²) in [4.78, 5) is 6.59. The summed E-state index contributed by atoms with van der Waals surface area (Å²) < 4.78 is 0. The molecule has 0 aromatic rings. The summed E-state index contributed by atoms with van der Waals surface area (Å²) in [6.07, 6.45) is 1.22. The largest absolute Gasteiger partial charge is 0.341 e. The number of thioether (sulfide) groups is 1. The first kappa shape index (κ1) is 11.7. The summed E-state index contributed by atoms with van der Waals surface area (Å²) >= 11 is 1.99. The Morgan fingerprint density at radius 1 is 1.64 bits per heavy atom. The Bertz CT molecular complexity index is 199. The van der Waals surface area contributed by atoms with Gasteiger partial charge in [-0.3, -0.25) is 5.43 Å². The number of rotatable bonds is 2. The number of hydrogen-bond acceptors (Lipinski definition) is 3. The Morgan fingerprint density at radius 2 is 2.36 bits per heavy atom. The zero-order chi connectivity index (χ0) is 10.6. The molecule has 0 aliphatic carbocycles. The van der Waals surface area contributed by atoms with Crippen molar-refractivity contribution < 1.29 is 0 Å². The average molecular weight is 216 g/mol. The van der Waals surface area contributed by atoms with E-state index in [1.165, 1.54) is 17.9 Å². The van der Waals surface area contributed by atoms with Gasteiger partial charge in [-0.25, -0.2) is 10.8 Å². The van der Waals surface area contributed by atoms with Crippen molar-refractivity contribution in [2.45, 2.75) is 32.4 Å². The van der Waals surface area contributed by atoms with E-state index >= 15 is 0 Å². The third-order valence-electron chi connectivity index (χ3n) is 2.30. The van der Waals surface area contributed by atoms with Crippen LogP contribution in [0.3, 0.4) is 0 Å². The number of nitrogens with two attached hydrogens (primary N) is 1. The van der Waals surface area contributed by atoms with E-state index in [0.717, 1.165) is 5.96 Å². The summed E-state index contributed by atoms with van der Waals surface area (Å²) in [5, 5.41) is 0. The minimum Gasteiger partial charge on any atom is -0.341 e. The van der Waals surface area contributed by atoms with Gasteiger partial charge in [0.1, 0.15) is 0 Å². The highest BCUT2D eigenvalue weighted by atomic mass is 32.2. The van der Waals surface area contributed by atoms with Crippen molar-refractivity contribution >= 4 is 17.7 Å². The topological polar surface area (TPSA) is 53.6 Å². The molecule has 1 fully saturated rings. The van der Waals surface area contributed by atoms with Gasteiger partial charge in [0.15, 0.2) is 0 Å². The summed E-state index contributed by atoms with van der Waals surface area (Å²) in [6, 6.07) is 0.853. The zero-order valence-electron chi connectivity index (χ0n) is 9.16. The van der Waals surface area contributed by atoms with Crippen LogP contribution < -0.4 is 11.3 Å². The smallest absolute Gasteiger partial charge is 0.208 e. The Kier molecular flexibility index (Phi) is 4.54. The van der Waals surface area contributed by atoms with E-state index in [4.69, 9.17) is 5.84 Å². The van der Waals surface area contributed by atoms with Crippen molar-refractivity contribution in [3.05, 3.63) is 0 Å². The molecule has 14 heavy (non-hydrogen) atoms. The van der Waals surface area contributed by atoms with Crippen molar-refractivity contribution in [2.75, 3.05) is 18.6 Å². The number of nitrogens with zero attached hydrogens (tertiary/aromatic N) is 2. The molecule has 1 rings (SSSR count). The van der Waals surface area contributed by atoms with Crippen molar-refractivity contribution in [1.29, 1.82) is 0 Å². The summed E-state index contributed by atoms with van der Waals surface area (Å²) in [7, 11) is 2.05. The fraction of sp³-hybridized carbons (Fsp3) is 0.889. The van der Waals surface area contributed by atoms with Gasteiger partial charge < -0.3 is 4.90 Å². The molecule has 1 heterocycles. The van der Waals surface area contributed by atoms with Crippen LogP contribution in [0.2, 0.25) is 0 Å². The minimum atomic E-state index is 0.276. The van der Waals surface area contributed by atoms with E-state index < -0.39 is 0 Å². The van der Waals surface area contributed by atoms with Crippen LogP contribution in [0.15, 0.2) is 4.99 Å². The van der Waals surface area contributed by atoms with Crippen molar-refractivity contribution in [1.82, 2.24) is 10.3 Å². The molecule has 0 bridgehead atoms. The van der Waals surface area contributed by atoms with Crippen molar-refractivity contribution in [3.8, 4) is 0 Å². The predicted octanol–water partition coefficient (Wildman–Crippen LogP) is 0.651. The third kappa shape index (κ3) is 3.06. The van der Waals surface area contributed by atoms with Gasteiger partial charge in [0, 0.05) is 24.9 Å². The zero-order valence-corrected chi connectivity index (χ0v) is 9.97. The van der Waals surface area contributed by atoms with E-state index in [2.05, 4.69) is 36.2 Å². The molecule has 1 saturated heterocycles. The van der Waals surface area contributed by atoms with E-state index in [1.807, 2.05) is 11.8 Å². The molecule has 82 valence electrons. The fourth-order valence-electron chi connectivity index (χ4n) is 1.48. The van der Waals surface area contributed by atoms with Crippen LogP contribution in [0.1, 0.15) is 20.3 Å². The molecule has 1 aliphatic heterocycles. The Hall–Kier alpha value is -0.420. The van der Waals surface area contributed by atoms with Gasteiger partial charge in [-0.1, -0.05) is 0 Å². The van der Waals surface area contributed by atoms with Gasteiger partial charge in [0.25, 0.3) is 0 Å². The molecule has 0 aromatic heterocycles. The number of nitrogens with one attached hydrogen (secondary N) is 1. The average Bonchev–Trinajstić information content (AvgIpc) is 2.65. The lowest BCUT2D eigenvalue weighted by atomic mass is 10.2. The van der Waals surface area contributed by atoms with Gasteiger partial charge in [-0.15, -0.1) is 0 Å². The second kappa shape index (κ2) is 5.46. The maximum absolute atomic E-state index is 5.46. The second-order valence-corrected chi connectivity index (χ2v) is 4.97. The van der Waals surface area contributed by atoms with Crippen LogP contribution >= 0.6 is 11.8 Å². The first-order valence-electron chi connectivity index (χ1n) is 5.00. The molecule has 4 nitrogen and oxygen atoms in total. The Morgan fingerprint density at radius 3 is 2.79 bits per heavy atom. The van der Waals surface area contributed by atoms with E-state index in [-0.39, 0.29) is 6.04 Å². The highest BCUT2D eigenvalue weighted by Gasteiger charge is 2.22. The van der Waals surface area contributed by atoms with Gasteiger partial charge in [0.2, 0.25) is 5.96 Å². The Balaban J connectivity index is 2.58. The molecule has 5 heteroatoms. The van der Waals surface area contributed by atoms with Crippen molar-refractivity contribution in [3.63, 3.8) is 0 Å². The summed E-state index contributed by atoms with van der Waals surface area (Å²) in [5.74, 6) is 8.68. The van der Waals surface area contributed by atoms with Crippen LogP contribution in [0.25, 0.3) is 0 Å². The molecular formula is C9H20N4S. The molecule has 0 spiro atoms. The van der Waals surface area contributed by atoms with E-state index in [0.29, 0.717) is 6.04 Å². The predicted molar refractivity (Wildman–Crippen MR) is 63.4 cm³/mol.